The number of hydrogen-bond donors (Lipinski definition) is 1. The van der Waals surface area contributed by atoms with E-state index in [1.54, 1.807) is 11.1 Å². The number of fused-ring (bicyclic) bond motifs is 1. The SMILES string of the molecule is CCNC(=O)C1CN(C(C)=O)Cc2cccnc21. The number of hydrogen-bond acceptors (Lipinski definition) is 3. The van der Waals surface area contributed by atoms with Gasteiger partial charge in [0.25, 0.3) is 0 Å². The fourth-order valence-corrected chi connectivity index (χ4v) is 2.22. The minimum atomic E-state index is -0.362. The lowest BCUT2D eigenvalue weighted by molar-refractivity contribution is -0.131. The molecule has 96 valence electrons. The lowest BCUT2D eigenvalue weighted by Gasteiger charge is -2.32. The summed E-state index contributed by atoms with van der Waals surface area (Å²) < 4.78 is 0. The molecule has 1 atom stereocenters. The van der Waals surface area contributed by atoms with Gasteiger partial charge in [-0.2, -0.15) is 0 Å². The smallest absolute Gasteiger partial charge is 0.230 e. The van der Waals surface area contributed by atoms with Gasteiger partial charge in [0.15, 0.2) is 0 Å². The zero-order chi connectivity index (χ0) is 13.1. The third-order valence-corrected chi connectivity index (χ3v) is 3.13. The summed E-state index contributed by atoms with van der Waals surface area (Å²) in [5, 5.41) is 2.80. The van der Waals surface area contributed by atoms with Crippen LogP contribution in [0.2, 0.25) is 0 Å². The fraction of sp³-hybridized carbons (Fsp3) is 0.462. The molecular formula is C13H17N3O2. The van der Waals surface area contributed by atoms with Gasteiger partial charge >= 0.3 is 0 Å². The van der Waals surface area contributed by atoms with Gasteiger partial charge in [0.1, 0.15) is 0 Å². The predicted molar refractivity (Wildman–Crippen MR) is 66.8 cm³/mol. The highest BCUT2D eigenvalue weighted by molar-refractivity contribution is 5.85. The summed E-state index contributed by atoms with van der Waals surface area (Å²) in [6.45, 7) is 4.93. The average molecular weight is 247 g/mol. The van der Waals surface area contributed by atoms with Crippen LogP contribution in [0.1, 0.15) is 31.0 Å². The van der Waals surface area contributed by atoms with E-state index < -0.39 is 0 Å². The number of rotatable bonds is 2. The first-order valence-corrected chi connectivity index (χ1v) is 6.10. The van der Waals surface area contributed by atoms with Crippen LogP contribution >= 0.6 is 0 Å². The van der Waals surface area contributed by atoms with E-state index in [4.69, 9.17) is 0 Å². The van der Waals surface area contributed by atoms with Gasteiger partial charge in [0.05, 0.1) is 11.6 Å². The Morgan fingerprint density at radius 3 is 3.00 bits per heavy atom. The standard InChI is InChI=1S/C13H17N3O2/c1-3-14-13(18)11-8-16(9(2)17)7-10-5-4-6-15-12(10)11/h4-6,11H,3,7-8H2,1-2H3,(H,14,18). The van der Waals surface area contributed by atoms with Crippen molar-refractivity contribution in [1.29, 1.82) is 0 Å². The van der Waals surface area contributed by atoms with E-state index in [0.29, 0.717) is 19.6 Å². The molecule has 5 nitrogen and oxygen atoms in total. The van der Waals surface area contributed by atoms with E-state index in [1.165, 1.54) is 6.92 Å². The van der Waals surface area contributed by atoms with E-state index in [2.05, 4.69) is 10.3 Å². The van der Waals surface area contributed by atoms with E-state index in [0.717, 1.165) is 11.3 Å². The molecule has 0 saturated heterocycles. The largest absolute Gasteiger partial charge is 0.356 e. The highest BCUT2D eigenvalue weighted by atomic mass is 16.2. The maximum atomic E-state index is 12.0. The van der Waals surface area contributed by atoms with Crippen molar-refractivity contribution in [2.75, 3.05) is 13.1 Å². The van der Waals surface area contributed by atoms with Gasteiger partial charge in [-0.25, -0.2) is 0 Å². The van der Waals surface area contributed by atoms with Crippen molar-refractivity contribution < 1.29 is 9.59 Å². The summed E-state index contributed by atoms with van der Waals surface area (Å²) >= 11 is 0. The minimum Gasteiger partial charge on any atom is -0.356 e. The highest BCUT2D eigenvalue weighted by Crippen LogP contribution is 2.26. The molecule has 1 aliphatic heterocycles. The van der Waals surface area contributed by atoms with Crippen LogP contribution in [0.25, 0.3) is 0 Å². The summed E-state index contributed by atoms with van der Waals surface area (Å²) in [5.74, 6) is -0.444. The van der Waals surface area contributed by atoms with Gasteiger partial charge in [-0.3, -0.25) is 14.6 Å². The van der Waals surface area contributed by atoms with Gasteiger partial charge in [0, 0.05) is 32.8 Å². The Bertz CT molecular complexity index is 473. The van der Waals surface area contributed by atoms with E-state index >= 15 is 0 Å². The molecule has 1 aromatic heterocycles. The molecule has 0 radical (unpaired) electrons. The molecular weight excluding hydrogens is 230 g/mol. The van der Waals surface area contributed by atoms with Crippen molar-refractivity contribution >= 4 is 11.8 Å². The van der Waals surface area contributed by atoms with Crippen LogP contribution in [0.4, 0.5) is 0 Å². The summed E-state index contributed by atoms with van der Waals surface area (Å²) in [5.41, 5.74) is 1.75. The lowest BCUT2D eigenvalue weighted by atomic mass is 9.94. The fourth-order valence-electron chi connectivity index (χ4n) is 2.22. The molecule has 2 heterocycles. The van der Waals surface area contributed by atoms with Crippen molar-refractivity contribution in [3.63, 3.8) is 0 Å². The van der Waals surface area contributed by atoms with Gasteiger partial charge < -0.3 is 10.2 Å². The van der Waals surface area contributed by atoms with Gasteiger partial charge in [-0.05, 0) is 18.6 Å². The third-order valence-electron chi connectivity index (χ3n) is 3.13. The van der Waals surface area contributed by atoms with Crippen LogP contribution in [-0.2, 0) is 16.1 Å². The van der Waals surface area contributed by atoms with E-state index in [1.807, 2.05) is 19.1 Å². The Kier molecular flexibility index (Phi) is 3.60. The second-order valence-corrected chi connectivity index (χ2v) is 4.39. The highest BCUT2D eigenvalue weighted by Gasteiger charge is 2.32. The molecule has 0 aliphatic carbocycles. The number of amides is 2. The Morgan fingerprint density at radius 2 is 2.33 bits per heavy atom. The zero-order valence-electron chi connectivity index (χ0n) is 10.6. The van der Waals surface area contributed by atoms with Gasteiger partial charge in [0.2, 0.25) is 11.8 Å². The summed E-state index contributed by atoms with van der Waals surface area (Å²) in [6.07, 6.45) is 1.69. The quantitative estimate of drug-likeness (QED) is 0.835. The second kappa shape index (κ2) is 5.16. The number of nitrogens with zero attached hydrogens (tertiary/aromatic N) is 2. The van der Waals surface area contributed by atoms with Crippen LogP contribution in [-0.4, -0.2) is 34.8 Å². The molecule has 0 bridgehead atoms. The second-order valence-electron chi connectivity index (χ2n) is 4.39. The van der Waals surface area contributed by atoms with Crippen molar-refractivity contribution in [3.05, 3.63) is 29.6 Å². The molecule has 1 unspecified atom stereocenters. The summed E-state index contributed by atoms with van der Waals surface area (Å²) in [7, 11) is 0. The molecule has 18 heavy (non-hydrogen) atoms. The first-order chi connectivity index (χ1) is 8.63. The molecule has 1 aromatic rings. The van der Waals surface area contributed by atoms with Gasteiger partial charge in [-0.1, -0.05) is 6.07 Å². The zero-order valence-corrected chi connectivity index (χ0v) is 10.6. The molecule has 1 aliphatic rings. The molecule has 2 rings (SSSR count). The number of carbonyl (C=O) groups is 2. The van der Waals surface area contributed by atoms with Crippen LogP contribution in [0.5, 0.6) is 0 Å². The number of likely N-dealkylation sites (N-methyl/N-ethyl adjacent to an activating group) is 1. The third kappa shape index (κ3) is 2.34. The van der Waals surface area contributed by atoms with Gasteiger partial charge in [-0.15, -0.1) is 0 Å². The molecule has 1 N–H and O–H groups in total. The average Bonchev–Trinajstić information content (AvgIpc) is 2.37. The first-order valence-electron chi connectivity index (χ1n) is 6.10. The van der Waals surface area contributed by atoms with Crippen molar-refractivity contribution in [2.24, 2.45) is 0 Å². The Hall–Kier alpha value is -1.91. The Morgan fingerprint density at radius 1 is 1.56 bits per heavy atom. The van der Waals surface area contributed by atoms with E-state index in [-0.39, 0.29) is 17.7 Å². The van der Waals surface area contributed by atoms with E-state index in [9.17, 15) is 9.59 Å². The van der Waals surface area contributed by atoms with Crippen LogP contribution in [0, 0.1) is 0 Å². The monoisotopic (exact) mass is 247 g/mol. The Balaban J connectivity index is 2.33. The number of carbonyl (C=O) groups excluding carboxylic acids is 2. The summed E-state index contributed by atoms with van der Waals surface area (Å²) in [6, 6.07) is 3.75. The molecule has 0 saturated carbocycles. The normalized spacial score (nSPS) is 18.1. The Labute approximate surface area is 106 Å². The number of nitrogens with one attached hydrogen (secondary N) is 1. The lowest BCUT2D eigenvalue weighted by Crippen LogP contribution is -2.43. The van der Waals surface area contributed by atoms with Crippen LogP contribution < -0.4 is 5.32 Å². The maximum Gasteiger partial charge on any atom is 0.230 e. The number of aromatic nitrogens is 1. The molecule has 2 amide bonds. The summed E-state index contributed by atoms with van der Waals surface area (Å²) in [4.78, 5) is 29.5. The molecule has 0 fully saturated rings. The van der Waals surface area contributed by atoms with Crippen molar-refractivity contribution in [3.8, 4) is 0 Å². The molecule has 5 heteroatoms. The number of pyridine rings is 1. The van der Waals surface area contributed by atoms with Crippen LogP contribution in [0.3, 0.4) is 0 Å². The predicted octanol–water partition coefficient (Wildman–Crippen LogP) is 0.663. The maximum absolute atomic E-state index is 12.0. The van der Waals surface area contributed by atoms with Crippen molar-refractivity contribution in [2.45, 2.75) is 26.3 Å². The minimum absolute atomic E-state index is 0.0150. The molecule has 0 spiro atoms. The van der Waals surface area contributed by atoms with Crippen molar-refractivity contribution in [1.82, 2.24) is 15.2 Å². The molecule has 0 aromatic carbocycles. The first kappa shape index (κ1) is 12.5. The van der Waals surface area contributed by atoms with Crippen LogP contribution in [0.15, 0.2) is 18.3 Å². The topological polar surface area (TPSA) is 62.3 Å².